The molecule has 0 atom stereocenters. The van der Waals surface area contributed by atoms with Gasteiger partial charge in [0, 0.05) is 12.4 Å². The minimum absolute atomic E-state index is 0.136. The van der Waals surface area contributed by atoms with Crippen molar-refractivity contribution in [3.05, 3.63) is 59.9 Å². The Morgan fingerprint density at radius 3 is 2.35 bits per heavy atom. The van der Waals surface area contributed by atoms with Gasteiger partial charge in [0.25, 0.3) is 0 Å². The molecule has 0 aliphatic rings. The summed E-state index contributed by atoms with van der Waals surface area (Å²) in [7, 11) is 0. The van der Waals surface area contributed by atoms with Gasteiger partial charge in [0.05, 0.1) is 0 Å². The molecule has 0 aliphatic heterocycles. The molecule has 0 heterocycles. The van der Waals surface area contributed by atoms with Crippen LogP contribution in [0.25, 0.3) is 11.1 Å². The van der Waals surface area contributed by atoms with Gasteiger partial charge in [0.2, 0.25) is 0 Å². The molecule has 2 rings (SSSR count). The van der Waals surface area contributed by atoms with Crippen molar-refractivity contribution in [2.75, 3.05) is 0 Å². The summed E-state index contributed by atoms with van der Waals surface area (Å²) in [6.07, 6.45) is -0.136. The highest BCUT2D eigenvalue weighted by Gasteiger charge is 2.01. The highest BCUT2D eigenvalue weighted by Crippen LogP contribution is 2.21. The van der Waals surface area contributed by atoms with Gasteiger partial charge in [-0.3, -0.25) is 0 Å². The first-order valence-electron chi connectivity index (χ1n) is 5.20. The quantitative estimate of drug-likeness (QED) is 0.805. The first-order chi connectivity index (χ1) is 8.15. The van der Waals surface area contributed by atoms with Gasteiger partial charge in [-0.05, 0) is 28.8 Å². The Balaban J connectivity index is 2.36. The van der Waals surface area contributed by atoms with E-state index in [9.17, 15) is 14.3 Å². The molecule has 0 aromatic heterocycles. The molecule has 86 valence electrons. The normalized spacial score (nSPS) is 10.2. The van der Waals surface area contributed by atoms with Crippen LogP contribution in [-0.2, 0) is 11.2 Å². The molecule has 0 N–H and O–H groups in total. The van der Waals surface area contributed by atoms with E-state index < -0.39 is 5.97 Å². The fraction of sp³-hybridized carbons (Fsp3) is 0.0714. The van der Waals surface area contributed by atoms with Crippen molar-refractivity contribution < 1.29 is 14.3 Å². The van der Waals surface area contributed by atoms with Crippen molar-refractivity contribution in [3.63, 3.8) is 0 Å². The number of carbonyl (C=O) groups is 1. The SMILES string of the molecule is O=C([O-])Cc1cccc(-c2cccc(F)c2)c1. The van der Waals surface area contributed by atoms with Gasteiger partial charge in [-0.1, -0.05) is 36.4 Å². The molecule has 0 aliphatic carbocycles. The second-order valence-electron chi connectivity index (χ2n) is 3.76. The Morgan fingerprint density at radius 2 is 1.71 bits per heavy atom. The smallest absolute Gasteiger partial charge is 0.123 e. The van der Waals surface area contributed by atoms with Gasteiger partial charge >= 0.3 is 0 Å². The van der Waals surface area contributed by atoms with Gasteiger partial charge in [0.1, 0.15) is 5.82 Å². The zero-order valence-electron chi connectivity index (χ0n) is 9.02. The van der Waals surface area contributed by atoms with Crippen molar-refractivity contribution in [1.82, 2.24) is 0 Å². The lowest BCUT2D eigenvalue weighted by Crippen LogP contribution is -2.24. The predicted molar refractivity (Wildman–Crippen MR) is 60.5 cm³/mol. The van der Waals surface area contributed by atoms with Gasteiger partial charge in [-0.2, -0.15) is 0 Å². The van der Waals surface area contributed by atoms with Crippen LogP contribution in [0.1, 0.15) is 5.56 Å². The second-order valence-corrected chi connectivity index (χ2v) is 3.76. The number of benzene rings is 2. The molecule has 0 bridgehead atoms. The van der Waals surface area contributed by atoms with E-state index in [1.54, 1.807) is 30.3 Å². The van der Waals surface area contributed by atoms with Crippen molar-refractivity contribution in [2.24, 2.45) is 0 Å². The summed E-state index contributed by atoms with van der Waals surface area (Å²) < 4.78 is 13.1. The van der Waals surface area contributed by atoms with Crippen LogP contribution >= 0.6 is 0 Å². The minimum atomic E-state index is -1.12. The summed E-state index contributed by atoms with van der Waals surface area (Å²) in [6, 6.07) is 13.2. The maximum absolute atomic E-state index is 13.1. The number of carbonyl (C=O) groups excluding carboxylic acids is 1. The van der Waals surface area contributed by atoms with Crippen molar-refractivity contribution in [3.8, 4) is 11.1 Å². The molecule has 17 heavy (non-hydrogen) atoms. The fourth-order valence-corrected chi connectivity index (χ4v) is 1.70. The standard InChI is InChI=1S/C14H11FO2/c15-13-6-2-5-12(9-13)11-4-1-3-10(7-11)8-14(16)17/h1-7,9H,8H2,(H,16,17)/p-1. The molecule has 2 aromatic rings. The van der Waals surface area contributed by atoms with E-state index >= 15 is 0 Å². The molecule has 0 saturated heterocycles. The average Bonchev–Trinajstić information content (AvgIpc) is 2.28. The van der Waals surface area contributed by atoms with Crippen LogP contribution < -0.4 is 5.11 Å². The van der Waals surface area contributed by atoms with E-state index in [0.717, 1.165) is 11.1 Å². The maximum atomic E-state index is 13.1. The van der Waals surface area contributed by atoms with Gasteiger partial charge in [-0.15, -0.1) is 0 Å². The summed E-state index contributed by atoms with van der Waals surface area (Å²) in [6.45, 7) is 0. The fourth-order valence-electron chi connectivity index (χ4n) is 1.70. The first-order valence-corrected chi connectivity index (χ1v) is 5.20. The molecule has 0 spiro atoms. The maximum Gasteiger partial charge on any atom is 0.123 e. The number of halogens is 1. The Morgan fingerprint density at radius 1 is 1.06 bits per heavy atom. The van der Waals surface area contributed by atoms with E-state index in [1.165, 1.54) is 12.1 Å². The molecule has 0 fully saturated rings. The monoisotopic (exact) mass is 229 g/mol. The molecule has 0 saturated carbocycles. The molecular formula is C14H10FO2-. The van der Waals surface area contributed by atoms with Crippen LogP contribution in [0.5, 0.6) is 0 Å². The van der Waals surface area contributed by atoms with Gasteiger partial charge in [-0.25, -0.2) is 4.39 Å². The number of hydrogen-bond donors (Lipinski definition) is 0. The Bertz CT molecular complexity index is 549. The van der Waals surface area contributed by atoms with Crippen molar-refractivity contribution in [1.29, 1.82) is 0 Å². The van der Waals surface area contributed by atoms with Crippen LogP contribution in [0.3, 0.4) is 0 Å². The van der Waals surface area contributed by atoms with Gasteiger partial charge in [0.15, 0.2) is 0 Å². The van der Waals surface area contributed by atoms with E-state index in [2.05, 4.69) is 0 Å². The lowest BCUT2D eigenvalue weighted by molar-refractivity contribution is -0.304. The average molecular weight is 229 g/mol. The summed E-state index contributed by atoms with van der Waals surface area (Å²) in [5, 5.41) is 10.5. The summed E-state index contributed by atoms with van der Waals surface area (Å²) in [5.41, 5.74) is 2.17. The minimum Gasteiger partial charge on any atom is -0.550 e. The summed E-state index contributed by atoms with van der Waals surface area (Å²) in [4.78, 5) is 10.5. The van der Waals surface area contributed by atoms with E-state index in [1.807, 2.05) is 6.07 Å². The third-order valence-electron chi connectivity index (χ3n) is 2.43. The van der Waals surface area contributed by atoms with Crippen molar-refractivity contribution >= 4 is 5.97 Å². The zero-order valence-corrected chi connectivity index (χ0v) is 9.02. The number of carboxylic acid groups (broad SMARTS) is 1. The first kappa shape index (κ1) is 11.3. The van der Waals surface area contributed by atoms with E-state index in [-0.39, 0.29) is 12.2 Å². The third kappa shape index (κ3) is 2.91. The summed E-state index contributed by atoms with van der Waals surface area (Å²) in [5.74, 6) is -1.44. The number of aliphatic carboxylic acids is 1. The van der Waals surface area contributed by atoms with Crippen LogP contribution in [0, 0.1) is 5.82 Å². The molecule has 3 heteroatoms. The molecule has 2 nitrogen and oxygen atoms in total. The number of hydrogen-bond acceptors (Lipinski definition) is 2. The lowest BCUT2D eigenvalue weighted by atomic mass is 10.0. The Hall–Kier alpha value is -2.16. The molecule has 0 amide bonds. The highest BCUT2D eigenvalue weighted by molar-refractivity contribution is 5.70. The molecular weight excluding hydrogens is 219 g/mol. The predicted octanol–water partition coefficient (Wildman–Crippen LogP) is 1.79. The Kier molecular flexibility index (Phi) is 3.19. The summed E-state index contributed by atoms with van der Waals surface area (Å²) >= 11 is 0. The molecule has 0 unspecified atom stereocenters. The van der Waals surface area contributed by atoms with Crippen LogP contribution in [0.2, 0.25) is 0 Å². The molecule has 0 radical (unpaired) electrons. The van der Waals surface area contributed by atoms with Gasteiger partial charge < -0.3 is 9.90 Å². The second kappa shape index (κ2) is 4.78. The number of carboxylic acids is 1. The third-order valence-corrected chi connectivity index (χ3v) is 2.43. The number of rotatable bonds is 3. The zero-order chi connectivity index (χ0) is 12.3. The van der Waals surface area contributed by atoms with E-state index in [4.69, 9.17) is 0 Å². The largest absolute Gasteiger partial charge is 0.550 e. The van der Waals surface area contributed by atoms with Crippen LogP contribution in [0.15, 0.2) is 48.5 Å². The van der Waals surface area contributed by atoms with Crippen LogP contribution in [0.4, 0.5) is 4.39 Å². The highest BCUT2D eigenvalue weighted by atomic mass is 19.1. The van der Waals surface area contributed by atoms with E-state index in [0.29, 0.717) is 5.56 Å². The van der Waals surface area contributed by atoms with Crippen molar-refractivity contribution in [2.45, 2.75) is 6.42 Å². The molecule has 2 aromatic carbocycles. The lowest BCUT2D eigenvalue weighted by Gasteiger charge is -2.06. The Labute approximate surface area is 98.3 Å². The van der Waals surface area contributed by atoms with Crippen LogP contribution in [-0.4, -0.2) is 5.97 Å². The topological polar surface area (TPSA) is 40.1 Å².